The third-order valence-electron chi connectivity index (χ3n) is 2.88. The molecular formula is C10H13N7. The highest BCUT2D eigenvalue weighted by Crippen LogP contribution is 2.16. The van der Waals surface area contributed by atoms with E-state index in [0.29, 0.717) is 6.54 Å². The van der Waals surface area contributed by atoms with Gasteiger partial charge in [-0.25, -0.2) is 0 Å². The Morgan fingerprint density at radius 1 is 1.18 bits per heavy atom. The Kier molecular flexibility index (Phi) is 2.45. The fourth-order valence-electron chi connectivity index (χ4n) is 1.89. The van der Waals surface area contributed by atoms with Crippen LogP contribution in [0.4, 0.5) is 5.82 Å². The predicted molar refractivity (Wildman–Crippen MR) is 61.0 cm³/mol. The standard InChI is InChI=1S/C10H13N7/c11-5-8-1-2-9(15-13-8)16-3-4-17-7-12-14-10(17)6-16/h1-2,7H,3-6,11H2. The quantitative estimate of drug-likeness (QED) is 0.753. The molecule has 2 N–H and O–H groups in total. The lowest BCUT2D eigenvalue weighted by Gasteiger charge is -2.27. The molecule has 1 aliphatic heterocycles. The van der Waals surface area contributed by atoms with E-state index in [1.165, 1.54) is 0 Å². The van der Waals surface area contributed by atoms with Gasteiger partial charge in [0.2, 0.25) is 0 Å². The van der Waals surface area contributed by atoms with Crippen LogP contribution in [0.1, 0.15) is 11.5 Å². The fraction of sp³-hybridized carbons (Fsp3) is 0.400. The molecule has 0 unspecified atom stereocenters. The highest BCUT2D eigenvalue weighted by atomic mass is 15.3. The largest absolute Gasteiger partial charge is 0.346 e. The van der Waals surface area contributed by atoms with E-state index in [9.17, 15) is 0 Å². The molecule has 0 aliphatic carbocycles. The van der Waals surface area contributed by atoms with Crippen molar-refractivity contribution in [2.75, 3.05) is 11.4 Å². The number of fused-ring (bicyclic) bond motifs is 1. The lowest BCUT2D eigenvalue weighted by Crippen LogP contribution is -2.34. The van der Waals surface area contributed by atoms with Gasteiger partial charge in [-0.1, -0.05) is 0 Å². The topological polar surface area (TPSA) is 85.8 Å². The predicted octanol–water partition coefficient (Wildman–Crippen LogP) is -0.453. The van der Waals surface area contributed by atoms with Crippen molar-refractivity contribution in [2.24, 2.45) is 5.73 Å². The Hall–Kier alpha value is -2.02. The van der Waals surface area contributed by atoms with Gasteiger partial charge in [0.1, 0.15) is 6.33 Å². The van der Waals surface area contributed by atoms with Crippen LogP contribution in [0, 0.1) is 0 Å². The summed E-state index contributed by atoms with van der Waals surface area (Å²) in [4.78, 5) is 2.14. The van der Waals surface area contributed by atoms with Gasteiger partial charge in [0.15, 0.2) is 11.6 Å². The SMILES string of the molecule is NCc1ccc(N2CCn3cnnc3C2)nn1. The minimum atomic E-state index is 0.418. The van der Waals surface area contributed by atoms with Gasteiger partial charge >= 0.3 is 0 Å². The molecule has 0 atom stereocenters. The first-order chi connectivity index (χ1) is 8.36. The molecule has 7 nitrogen and oxygen atoms in total. The van der Waals surface area contributed by atoms with E-state index in [1.54, 1.807) is 6.33 Å². The van der Waals surface area contributed by atoms with Crippen molar-refractivity contribution in [1.29, 1.82) is 0 Å². The first-order valence-corrected chi connectivity index (χ1v) is 5.51. The van der Waals surface area contributed by atoms with Crippen LogP contribution in [0.15, 0.2) is 18.5 Å². The molecule has 2 aromatic heterocycles. The van der Waals surface area contributed by atoms with Gasteiger partial charge in [0.05, 0.1) is 12.2 Å². The van der Waals surface area contributed by atoms with Crippen molar-refractivity contribution < 1.29 is 0 Å². The molecule has 0 saturated heterocycles. The van der Waals surface area contributed by atoms with Crippen molar-refractivity contribution in [3.63, 3.8) is 0 Å². The van der Waals surface area contributed by atoms with Crippen molar-refractivity contribution in [3.8, 4) is 0 Å². The van der Waals surface area contributed by atoms with Crippen LogP contribution < -0.4 is 10.6 Å². The molecule has 3 heterocycles. The minimum absolute atomic E-state index is 0.418. The van der Waals surface area contributed by atoms with Crippen LogP contribution >= 0.6 is 0 Å². The highest BCUT2D eigenvalue weighted by Gasteiger charge is 2.18. The van der Waals surface area contributed by atoms with Crippen molar-refractivity contribution in [2.45, 2.75) is 19.6 Å². The summed E-state index contributed by atoms with van der Waals surface area (Å²) in [5, 5.41) is 16.2. The number of rotatable bonds is 2. The van der Waals surface area contributed by atoms with Crippen LogP contribution in [0.3, 0.4) is 0 Å². The number of nitrogens with zero attached hydrogens (tertiary/aromatic N) is 6. The Morgan fingerprint density at radius 2 is 2.12 bits per heavy atom. The summed E-state index contributed by atoms with van der Waals surface area (Å²) < 4.78 is 2.05. The van der Waals surface area contributed by atoms with Gasteiger partial charge in [0, 0.05) is 19.6 Å². The first-order valence-electron chi connectivity index (χ1n) is 5.51. The van der Waals surface area contributed by atoms with Crippen LogP contribution in [0.2, 0.25) is 0 Å². The summed E-state index contributed by atoms with van der Waals surface area (Å²) in [6.45, 7) is 2.91. The lowest BCUT2D eigenvalue weighted by atomic mass is 10.3. The molecule has 3 rings (SSSR count). The second kappa shape index (κ2) is 4.10. The summed E-state index contributed by atoms with van der Waals surface area (Å²) in [7, 11) is 0. The van der Waals surface area contributed by atoms with Crippen LogP contribution in [0.5, 0.6) is 0 Å². The number of anilines is 1. The average molecular weight is 231 g/mol. The normalized spacial score (nSPS) is 14.8. The van der Waals surface area contributed by atoms with Gasteiger partial charge in [-0.15, -0.1) is 15.3 Å². The lowest BCUT2D eigenvalue weighted by molar-refractivity contribution is 0.554. The Bertz CT molecular complexity index is 504. The van der Waals surface area contributed by atoms with E-state index in [-0.39, 0.29) is 0 Å². The molecule has 17 heavy (non-hydrogen) atoms. The molecule has 1 aliphatic rings. The second-order valence-electron chi connectivity index (χ2n) is 3.95. The van der Waals surface area contributed by atoms with Gasteiger partial charge in [-0.3, -0.25) is 0 Å². The minimum Gasteiger partial charge on any atom is -0.346 e. The molecule has 0 aromatic carbocycles. The molecule has 0 radical (unpaired) electrons. The van der Waals surface area contributed by atoms with E-state index in [2.05, 4.69) is 29.9 Å². The van der Waals surface area contributed by atoms with Crippen molar-refractivity contribution >= 4 is 5.82 Å². The Balaban J connectivity index is 1.81. The smallest absolute Gasteiger partial charge is 0.152 e. The molecule has 88 valence electrons. The van der Waals surface area contributed by atoms with E-state index in [4.69, 9.17) is 5.73 Å². The monoisotopic (exact) mass is 231 g/mol. The van der Waals surface area contributed by atoms with Gasteiger partial charge in [-0.2, -0.15) is 5.10 Å². The first kappa shape index (κ1) is 10.2. The van der Waals surface area contributed by atoms with Crippen LogP contribution in [0.25, 0.3) is 0 Å². The third kappa shape index (κ3) is 1.84. The summed E-state index contributed by atoms with van der Waals surface area (Å²) in [5.74, 6) is 1.82. The molecule has 2 aromatic rings. The molecule has 7 heteroatoms. The maximum Gasteiger partial charge on any atom is 0.152 e. The van der Waals surface area contributed by atoms with E-state index in [1.807, 2.05) is 12.1 Å². The third-order valence-corrected chi connectivity index (χ3v) is 2.88. The number of aromatic nitrogens is 5. The Labute approximate surface area is 98.3 Å². The Morgan fingerprint density at radius 3 is 2.88 bits per heavy atom. The molecule has 0 bridgehead atoms. The highest BCUT2D eigenvalue weighted by molar-refractivity contribution is 5.38. The number of hydrogen-bond donors (Lipinski definition) is 1. The van der Waals surface area contributed by atoms with Crippen molar-refractivity contribution in [1.82, 2.24) is 25.0 Å². The van der Waals surface area contributed by atoms with Crippen LogP contribution in [-0.2, 0) is 19.6 Å². The second-order valence-corrected chi connectivity index (χ2v) is 3.95. The van der Waals surface area contributed by atoms with Crippen molar-refractivity contribution in [3.05, 3.63) is 30.0 Å². The summed E-state index contributed by atoms with van der Waals surface area (Å²) in [6.07, 6.45) is 1.76. The zero-order valence-electron chi connectivity index (χ0n) is 9.32. The summed E-state index contributed by atoms with van der Waals surface area (Å²) >= 11 is 0. The van der Waals surface area contributed by atoms with E-state index >= 15 is 0 Å². The van der Waals surface area contributed by atoms with Gasteiger partial charge < -0.3 is 15.2 Å². The van der Waals surface area contributed by atoms with Crippen LogP contribution in [-0.4, -0.2) is 31.5 Å². The zero-order chi connectivity index (χ0) is 11.7. The summed E-state index contributed by atoms with van der Waals surface area (Å²) in [5.41, 5.74) is 6.29. The van der Waals surface area contributed by atoms with Gasteiger partial charge in [0.25, 0.3) is 0 Å². The molecule has 0 spiro atoms. The average Bonchev–Trinajstić information content (AvgIpc) is 2.86. The van der Waals surface area contributed by atoms with Gasteiger partial charge in [-0.05, 0) is 12.1 Å². The molecule has 0 amide bonds. The molecular weight excluding hydrogens is 218 g/mol. The fourth-order valence-corrected chi connectivity index (χ4v) is 1.89. The zero-order valence-corrected chi connectivity index (χ0v) is 9.32. The molecule has 0 fully saturated rings. The number of hydrogen-bond acceptors (Lipinski definition) is 6. The number of nitrogens with two attached hydrogens (primary N) is 1. The summed E-state index contributed by atoms with van der Waals surface area (Å²) in [6, 6.07) is 3.85. The maximum absolute atomic E-state index is 5.49. The maximum atomic E-state index is 5.49. The van der Waals surface area contributed by atoms with E-state index < -0.39 is 0 Å². The van der Waals surface area contributed by atoms with E-state index in [0.717, 1.165) is 37.0 Å². The molecule has 0 saturated carbocycles.